The molecular weight excluding hydrogens is 324 g/mol. The number of carbonyl (C=O) groups excluding carboxylic acids is 2. The first kappa shape index (κ1) is 19.1. The lowest BCUT2D eigenvalue weighted by molar-refractivity contribution is -0.145. The Morgan fingerprint density at radius 2 is 2.04 bits per heavy atom. The molecule has 1 amide bonds. The molecule has 0 spiro atoms. The first-order valence-electron chi connectivity index (χ1n) is 8.32. The largest absolute Gasteiger partial charge is 0.497 e. The number of carbonyl (C=O) groups is 2. The maximum atomic E-state index is 12.1. The highest BCUT2D eigenvalue weighted by Gasteiger charge is 2.34. The van der Waals surface area contributed by atoms with Gasteiger partial charge in [-0.15, -0.1) is 0 Å². The molecule has 1 aromatic rings. The lowest BCUT2D eigenvalue weighted by Crippen LogP contribution is -2.44. The van der Waals surface area contributed by atoms with Crippen molar-refractivity contribution in [3.8, 4) is 5.75 Å². The monoisotopic (exact) mass is 350 g/mol. The second-order valence-corrected chi connectivity index (χ2v) is 6.83. The molecule has 2 rings (SSSR count). The zero-order valence-corrected chi connectivity index (χ0v) is 15.4. The summed E-state index contributed by atoms with van der Waals surface area (Å²) in [7, 11) is 1.59. The molecule has 0 fully saturated rings. The first-order valence-corrected chi connectivity index (χ1v) is 8.32. The third kappa shape index (κ3) is 5.09. The second-order valence-electron chi connectivity index (χ2n) is 6.83. The van der Waals surface area contributed by atoms with Crippen molar-refractivity contribution >= 4 is 12.1 Å². The number of rotatable bonds is 5. The highest BCUT2D eigenvalue weighted by molar-refractivity contribution is 5.71. The molecule has 1 aliphatic heterocycles. The van der Waals surface area contributed by atoms with E-state index in [4.69, 9.17) is 14.2 Å². The van der Waals surface area contributed by atoms with E-state index in [0.717, 1.165) is 11.1 Å². The molecule has 1 heterocycles. The SMILES string of the molecule is CCOC(=O)CC1c2cc(OC)ccc2CN1NC(=O)OC(C)(C)C. The van der Waals surface area contributed by atoms with Crippen molar-refractivity contribution in [1.82, 2.24) is 10.4 Å². The van der Waals surface area contributed by atoms with Gasteiger partial charge < -0.3 is 14.2 Å². The smallest absolute Gasteiger partial charge is 0.422 e. The van der Waals surface area contributed by atoms with Crippen molar-refractivity contribution < 1.29 is 23.8 Å². The number of methoxy groups -OCH3 is 1. The lowest BCUT2D eigenvalue weighted by atomic mass is 10.0. The molecule has 1 unspecified atom stereocenters. The van der Waals surface area contributed by atoms with E-state index in [-0.39, 0.29) is 18.4 Å². The molecule has 0 aliphatic carbocycles. The summed E-state index contributed by atoms with van der Waals surface area (Å²) in [4.78, 5) is 24.1. The molecule has 1 atom stereocenters. The normalized spacial score (nSPS) is 16.9. The Hall–Kier alpha value is -2.28. The molecule has 7 heteroatoms. The van der Waals surface area contributed by atoms with Crippen molar-refractivity contribution in [2.24, 2.45) is 0 Å². The number of esters is 1. The van der Waals surface area contributed by atoms with Crippen LogP contribution >= 0.6 is 0 Å². The standard InChI is InChI=1S/C18H26N2O5/c1-6-24-16(21)10-15-14-9-13(23-5)8-7-12(14)11-20(15)19-17(22)25-18(2,3)4/h7-9,15H,6,10-11H2,1-5H3,(H,19,22). The molecule has 0 saturated carbocycles. The van der Waals surface area contributed by atoms with Crippen LogP contribution < -0.4 is 10.2 Å². The van der Waals surface area contributed by atoms with Gasteiger partial charge in [0.05, 0.1) is 26.2 Å². The van der Waals surface area contributed by atoms with Crippen LogP contribution in [0.4, 0.5) is 4.79 Å². The van der Waals surface area contributed by atoms with Crippen LogP contribution in [0.3, 0.4) is 0 Å². The Morgan fingerprint density at radius 3 is 2.64 bits per heavy atom. The van der Waals surface area contributed by atoms with Crippen LogP contribution in [0, 0.1) is 0 Å². The number of ether oxygens (including phenoxy) is 3. The highest BCUT2D eigenvalue weighted by atomic mass is 16.6. The van der Waals surface area contributed by atoms with Crippen LogP contribution in [-0.2, 0) is 20.8 Å². The molecule has 138 valence electrons. The van der Waals surface area contributed by atoms with Gasteiger partial charge in [0.25, 0.3) is 0 Å². The van der Waals surface area contributed by atoms with Gasteiger partial charge in [-0.25, -0.2) is 9.80 Å². The van der Waals surface area contributed by atoms with Gasteiger partial charge in [-0.1, -0.05) is 6.07 Å². The predicted molar refractivity (Wildman–Crippen MR) is 91.9 cm³/mol. The molecule has 25 heavy (non-hydrogen) atoms. The van der Waals surface area contributed by atoms with Crippen LogP contribution in [0.25, 0.3) is 0 Å². The van der Waals surface area contributed by atoms with E-state index in [9.17, 15) is 9.59 Å². The van der Waals surface area contributed by atoms with Gasteiger partial charge in [0.1, 0.15) is 11.4 Å². The number of nitrogens with zero attached hydrogens (tertiary/aromatic N) is 1. The molecule has 1 aliphatic rings. The number of hydrogen-bond acceptors (Lipinski definition) is 6. The minimum atomic E-state index is -0.601. The topological polar surface area (TPSA) is 77.1 Å². The highest BCUT2D eigenvalue weighted by Crippen LogP contribution is 2.37. The lowest BCUT2D eigenvalue weighted by Gasteiger charge is -2.27. The summed E-state index contributed by atoms with van der Waals surface area (Å²) in [6, 6.07) is 5.34. The van der Waals surface area contributed by atoms with Gasteiger partial charge in [0, 0.05) is 6.54 Å². The summed E-state index contributed by atoms with van der Waals surface area (Å²) in [5.74, 6) is 0.380. The van der Waals surface area contributed by atoms with Gasteiger partial charge in [0.2, 0.25) is 0 Å². The van der Waals surface area contributed by atoms with Crippen molar-refractivity contribution in [2.75, 3.05) is 13.7 Å². The van der Waals surface area contributed by atoms with Crippen LogP contribution in [0.5, 0.6) is 5.75 Å². The first-order chi connectivity index (χ1) is 11.7. The van der Waals surface area contributed by atoms with Crippen LogP contribution in [0.1, 0.15) is 51.3 Å². The number of hydrazine groups is 1. The number of benzene rings is 1. The van der Waals surface area contributed by atoms with Crippen molar-refractivity contribution in [2.45, 2.75) is 52.3 Å². The van der Waals surface area contributed by atoms with E-state index in [0.29, 0.717) is 18.9 Å². The fraction of sp³-hybridized carbons (Fsp3) is 0.556. The van der Waals surface area contributed by atoms with Crippen LogP contribution in [0.2, 0.25) is 0 Å². The Morgan fingerprint density at radius 1 is 1.32 bits per heavy atom. The minimum absolute atomic E-state index is 0.129. The van der Waals surface area contributed by atoms with E-state index >= 15 is 0 Å². The summed E-state index contributed by atoms with van der Waals surface area (Å²) in [6.45, 7) is 7.95. The number of amides is 1. The zero-order chi connectivity index (χ0) is 18.6. The molecular formula is C18H26N2O5. The van der Waals surface area contributed by atoms with Crippen molar-refractivity contribution in [3.63, 3.8) is 0 Å². The molecule has 0 radical (unpaired) electrons. The summed E-state index contributed by atoms with van der Waals surface area (Å²) in [5, 5.41) is 1.70. The van der Waals surface area contributed by atoms with Crippen molar-refractivity contribution in [1.29, 1.82) is 0 Å². The van der Waals surface area contributed by atoms with Crippen molar-refractivity contribution in [3.05, 3.63) is 29.3 Å². The maximum absolute atomic E-state index is 12.1. The molecule has 0 aromatic heterocycles. The van der Waals surface area contributed by atoms with E-state index in [2.05, 4.69) is 5.43 Å². The Labute approximate surface area is 148 Å². The van der Waals surface area contributed by atoms with Crippen LogP contribution in [0.15, 0.2) is 18.2 Å². The molecule has 0 saturated heterocycles. The fourth-order valence-electron chi connectivity index (χ4n) is 2.75. The Bertz CT molecular complexity index is 639. The number of nitrogens with one attached hydrogen (secondary N) is 1. The molecule has 1 aromatic carbocycles. The van der Waals surface area contributed by atoms with Gasteiger partial charge in [-0.2, -0.15) is 0 Å². The van der Waals surface area contributed by atoms with E-state index in [1.807, 2.05) is 18.2 Å². The number of hydrogen-bond donors (Lipinski definition) is 1. The average Bonchev–Trinajstić information content (AvgIpc) is 2.82. The summed E-state index contributed by atoms with van der Waals surface area (Å²) in [5.41, 5.74) is 4.09. The zero-order valence-electron chi connectivity index (χ0n) is 15.4. The molecule has 1 N–H and O–H groups in total. The second kappa shape index (κ2) is 7.74. The third-order valence-corrected chi connectivity index (χ3v) is 3.73. The third-order valence-electron chi connectivity index (χ3n) is 3.73. The summed E-state index contributed by atoms with van der Waals surface area (Å²) < 4.78 is 15.7. The van der Waals surface area contributed by atoms with Crippen LogP contribution in [-0.4, -0.2) is 36.4 Å². The van der Waals surface area contributed by atoms with Gasteiger partial charge in [-0.3, -0.25) is 10.2 Å². The molecule has 0 bridgehead atoms. The van der Waals surface area contributed by atoms with Gasteiger partial charge >= 0.3 is 12.1 Å². The number of fused-ring (bicyclic) bond motifs is 1. The van der Waals surface area contributed by atoms with Gasteiger partial charge in [0.15, 0.2) is 0 Å². The Kier molecular flexibility index (Phi) is 5.89. The molecule has 7 nitrogen and oxygen atoms in total. The Balaban J connectivity index is 2.20. The van der Waals surface area contributed by atoms with E-state index in [1.54, 1.807) is 39.8 Å². The predicted octanol–water partition coefficient (Wildman–Crippen LogP) is 2.94. The fourth-order valence-corrected chi connectivity index (χ4v) is 2.75. The maximum Gasteiger partial charge on any atom is 0.422 e. The van der Waals surface area contributed by atoms with E-state index in [1.165, 1.54) is 0 Å². The van der Waals surface area contributed by atoms with E-state index < -0.39 is 11.7 Å². The quantitative estimate of drug-likeness (QED) is 0.823. The minimum Gasteiger partial charge on any atom is -0.497 e. The van der Waals surface area contributed by atoms with Gasteiger partial charge in [-0.05, 0) is 51.0 Å². The average molecular weight is 350 g/mol. The summed E-state index contributed by atoms with van der Waals surface area (Å²) >= 11 is 0. The summed E-state index contributed by atoms with van der Waals surface area (Å²) in [6.07, 6.45) is -0.426.